The van der Waals surface area contributed by atoms with E-state index in [-0.39, 0.29) is 40.1 Å². The molecule has 3 N–H and O–H groups in total. The van der Waals surface area contributed by atoms with Crippen LogP contribution in [0.5, 0.6) is 0 Å². The van der Waals surface area contributed by atoms with Crippen molar-refractivity contribution in [2.45, 2.75) is 26.8 Å². The SMILES string of the molecule is CC.Cn1c(=O)c2c(-c3cc(F)ccc3Br)c(CN)c(NCC(F)F)nc2n(C)c1=O. The van der Waals surface area contributed by atoms with Crippen LogP contribution in [-0.2, 0) is 20.6 Å². The number of hydrogen-bond acceptors (Lipinski definition) is 5. The molecule has 0 saturated carbocycles. The number of benzene rings is 1. The van der Waals surface area contributed by atoms with Crippen molar-refractivity contribution < 1.29 is 13.2 Å². The second kappa shape index (κ2) is 10.1. The Morgan fingerprint density at radius 2 is 1.84 bits per heavy atom. The normalized spacial score (nSPS) is 10.9. The molecule has 3 aromatic rings. The van der Waals surface area contributed by atoms with Gasteiger partial charge in [0.15, 0.2) is 5.65 Å². The van der Waals surface area contributed by atoms with E-state index >= 15 is 0 Å². The molecular formula is C20H23BrF3N5O2. The number of nitrogens with one attached hydrogen (secondary N) is 1. The van der Waals surface area contributed by atoms with Crippen LogP contribution in [0.15, 0.2) is 32.3 Å². The summed E-state index contributed by atoms with van der Waals surface area (Å²) in [5, 5.41) is 2.54. The molecule has 1 aromatic carbocycles. The number of fused-ring (bicyclic) bond motifs is 1. The minimum atomic E-state index is -2.67. The number of nitrogens with two attached hydrogens (primary N) is 1. The summed E-state index contributed by atoms with van der Waals surface area (Å²) in [6, 6.07) is 3.87. The summed E-state index contributed by atoms with van der Waals surface area (Å²) in [5.41, 5.74) is 5.31. The van der Waals surface area contributed by atoms with Crippen molar-refractivity contribution >= 4 is 32.8 Å². The molecule has 0 unspecified atom stereocenters. The van der Waals surface area contributed by atoms with Crippen LogP contribution in [0.4, 0.5) is 19.0 Å². The van der Waals surface area contributed by atoms with Crippen molar-refractivity contribution in [1.29, 1.82) is 0 Å². The number of nitrogens with zero attached hydrogens (tertiary/aromatic N) is 3. The van der Waals surface area contributed by atoms with Crippen molar-refractivity contribution in [3.63, 3.8) is 0 Å². The van der Waals surface area contributed by atoms with Crippen LogP contribution in [0.3, 0.4) is 0 Å². The highest BCUT2D eigenvalue weighted by molar-refractivity contribution is 9.10. The Bertz CT molecular complexity index is 1220. The molecule has 2 aromatic heterocycles. The van der Waals surface area contributed by atoms with Gasteiger partial charge in [0.25, 0.3) is 12.0 Å². The van der Waals surface area contributed by atoms with Crippen molar-refractivity contribution in [3.8, 4) is 11.1 Å². The van der Waals surface area contributed by atoms with Gasteiger partial charge in [-0.3, -0.25) is 13.9 Å². The van der Waals surface area contributed by atoms with Crippen LogP contribution < -0.4 is 22.3 Å². The van der Waals surface area contributed by atoms with Gasteiger partial charge < -0.3 is 11.1 Å². The summed E-state index contributed by atoms with van der Waals surface area (Å²) in [7, 11) is 2.71. The van der Waals surface area contributed by atoms with Gasteiger partial charge in [-0.2, -0.15) is 0 Å². The first-order valence-corrected chi connectivity index (χ1v) is 10.3. The molecule has 0 bridgehead atoms. The van der Waals surface area contributed by atoms with Crippen LogP contribution in [0, 0.1) is 5.82 Å². The second-order valence-corrected chi connectivity index (χ2v) is 7.17. The quantitative estimate of drug-likeness (QED) is 0.558. The average molecular weight is 502 g/mol. The molecule has 3 rings (SSSR count). The van der Waals surface area contributed by atoms with E-state index in [1.54, 1.807) is 0 Å². The van der Waals surface area contributed by atoms with Crippen molar-refractivity contribution in [3.05, 3.63) is 54.9 Å². The zero-order valence-corrected chi connectivity index (χ0v) is 19.1. The number of halogens is 4. The number of alkyl halides is 2. The molecule has 0 fully saturated rings. The molecule has 168 valence electrons. The maximum Gasteiger partial charge on any atom is 0.332 e. The fourth-order valence-electron chi connectivity index (χ4n) is 3.13. The topological polar surface area (TPSA) is 94.9 Å². The molecule has 0 spiro atoms. The predicted octanol–water partition coefficient (Wildman–Crippen LogP) is 3.36. The molecular weight excluding hydrogens is 479 g/mol. The third-order valence-electron chi connectivity index (χ3n) is 4.51. The summed E-state index contributed by atoms with van der Waals surface area (Å²) in [6.45, 7) is 3.12. The van der Waals surface area contributed by atoms with Gasteiger partial charge in [0.1, 0.15) is 11.6 Å². The Hall–Kier alpha value is -2.66. The number of anilines is 1. The number of hydrogen-bond donors (Lipinski definition) is 2. The third kappa shape index (κ3) is 4.67. The van der Waals surface area contributed by atoms with Crippen LogP contribution >= 0.6 is 15.9 Å². The minimum Gasteiger partial charge on any atom is -0.364 e. The summed E-state index contributed by atoms with van der Waals surface area (Å²) in [4.78, 5) is 29.5. The highest BCUT2D eigenvalue weighted by Gasteiger charge is 2.23. The molecule has 0 aliphatic heterocycles. The van der Waals surface area contributed by atoms with Crippen LogP contribution in [-0.4, -0.2) is 27.1 Å². The number of pyridine rings is 1. The van der Waals surface area contributed by atoms with Gasteiger partial charge in [0, 0.05) is 41.8 Å². The van der Waals surface area contributed by atoms with Crippen molar-refractivity contribution in [2.24, 2.45) is 19.8 Å². The largest absolute Gasteiger partial charge is 0.364 e. The lowest BCUT2D eigenvalue weighted by molar-refractivity contribution is 0.163. The van der Waals surface area contributed by atoms with Crippen molar-refractivity contribution in [2.75, 3.05) is 11.9 Å². The molecule has 0 aliphatic carbocycles. The first kappa shape index (κ1) is 24.6. The molecule has 2 heterocycles. The Kier molecular flexibility index (Phi) is 8.02. The van der Waals surface area contributed by atoms with Gasteiger partial charge in [0.05, 0.1) is 11.9 Å². The monoisotopic (exact) mass is 501 g/mol. The fraction of sp³-hybridized carbons (Fsp3) is 0.350. The molecule has 0 radical (unpaired) electrons. The molecule has 11 heteroatoms. The maximum atomic E-state index is 14.0. The average Bonchev–Trinajstić information content (AvgIpc) is 2.76. The molecule has 0 aliphatic rings. The van der Waals surface area contributed by atoms with Gasteiger partial charge in [-0.25, -0.2) is 22.9 Å². The van der Waals surface area contributed by atoms with E-state index in [0.717, 1.165) is 9.13 Å². The lowest BCUT2D eigenvalue weighted by atomic mass is 9.97. The fourth-order valence-corrected chi connectivity index (χ4v) is 3.58. The van der Waals surface area contributed by atoms with Gasteiger partial charge in [0.2, 0.25) is 0 Å². The Balaban J connectivity index is 0.00000166. The molecule has 0 amide bonds. The van der Waals surface area contributed by atoms with E-state index in [1.165, 1.54) is 32.3 Å². The lowest BCUT2D eigenvalue weighted by Crippen LogP contribution is -2.38. The smallest absolute Gasteiger partial charge is 0.332 e. The van der Waals surface area contributed by atoms with Gasteiger partial charge in [-0.1, -0.05) is 29.8 Å². The number of rotatable bonds is 5. The van der Waals surface area contributed by atoms with Crippen LogP contribution in [0.25, 0.3) is 22.2 Å². The summed E-state index contributed by atoms with van der Waals surface area (Å²) in [5.74, 6) is -0.574. The van der Waals surface area contributed by atoms with E-state index in [4.69, 9.17) is 5.73 Å². The molecule has 0 saturated heterocycles. The Morgan fingerprint density at radius 3 is 2.42 bits per heavy atom. The van der Waals surface area contributed by atoms with Crippen molar-refractivity contribution in [1.82, 2.24) is 14.1 Å². The van der Waals surface area contributed by atoms with E-state index in [0.29, 0.717) is 4.47 Å². The summed E-state index contributed by atoms with van der Waals surface area (Å²) >= 11 is 3.33. The van der Waals surface area contributed by atoms with Crippen LogP contribution in [0.1, 0.15) is 19.4 Å². The number of aromatic nitrogens is 3. The zero-order valence-electron chi connectivity index (χ0n) is 17.5. The zero-order chi connectivity index (χ0) is 23.5. The van der Waals surface area contributed by atoms with E-state index < -0.39 is 30.0 Å². The summed E-state index contributed by atoms with van der Waals surface area (Å²) < 4.78 is 42.1. The minimum absolute atomic E-state index is 0.00489. The number of aryl methyl sites for hydroxylation is 1. The van der Waals surface area contributed by atoms with Gasteiger partial charge in [-0.15, -0.1) is 0 Å². The highest BCUT2D eigenvalue weighted by atomic mass is 79.9. The molecule has 31 heavy (non-hydrogen) atoms. The van der Waals surface area contributed by atoms with E-state index in [1.807, 2.05) is 13.8 Å². The summed E-state index contributed by atoms with van der Waals surface area (Å²) in [6.07, 6.45) is -2.67. The predicted molar refractivity (Wildman–Crippen MR) is 119 cm³/mol. The molecule has 0 atom stereocenters. The molecule has 7 nitrogen and oxygen atoms in total. The third-order valence-corrected chi connectivity index (χ3v) is 5.21. The van der Waals surface area contributed by atoms with Gasteiger partial charge in [-0.05, 0) is 18.2 Å². The van der Waals surface area contributed by atoms with E-state index in [9.17, 15) is 22.8 Å². The second-order valence-electron chi connectivity index (χ2n) is 6.32. The Morgan fingerprint density at radius 1 is 1.19 bits per heavy atom. The first-order chi connectivity index (χ1) is 14.7. The van der Waals surface area contributed by atoms with Crippen LogP contribution in [0.2, 0.25) is 0 Å². The van der Waals surface area contributed by atoms with Gasteiger partial charge >= 0.3 is 5.69 Å². The first-order valence-electron chi connectivity index (χ1n) is 9.47. The maximum absolute atomic E-state index is 14.0. The standard InChI is InChI=1S/C18H17BrF3N5O2.C2H6/c1-26-16-14(17(28)27(2)18(26)29)13(9-5-8(20)3-4-11(9)19)10(6-23)15(25-16)24-7-12(21)22;1-2/h3-5,12H,6-7,23H2,1-2H3,(H,24,25);1-2H3. The van der Waals surface area contributed by atoms with E-state index in [2.05, 4.69) is 26.2 Å². The lowest BCUT2D eigenvalue weighted by Gasteiger charge is -2.19. The highest BCUT2D eigenvalue weighted by Crippen LogP contribution is 2.37. The Labute approximate surface area is 184 Å².